The Balaban J connectivity index is 1.24. The van der Waals surface area contributed by atoms with Crippen molar-refractivity contribution in [3.05, 3.63) is 83.4 Å². The third kappa shape index (κ3) is 8.68. The van der Waals surface area contributed by atoms with Crippen molar-refractivity contribution in [1.29, 1.82) is 0 Å². The molecule has 11 nitrogen and oxygen atoms in total. The van der Waals surface area contributed by atoms with Gasteiger partial charge in [0, 0.05) is 25.9 Å². The van der Waals surface area contributed by atoms with Crippen LogP contribution in [-0.2, 0) is 36.9 Å². The molecule has 0 unspecified atom stereocenters. The quantitative estimate of drug-likeness (QED) is 0.345. The summed E-state index contributed by atoms with van der Waals surface area (Å²) in [4.78, 5) is 72.4. The summed E-state index contributed by atoms with van der Waals surface area (Å²) in [6.07, 6.45) is 6.33. The third-order valence-corrected chi connectivity index (χ3v) is 10.7. The molecule has 1 aliphatic carbocycles. The van der Waals surface area contributed by atoms with E-state index in [2.05, 4.69) is 22.8 Å². The molecular formula is C41H52N4O7. The molecule has 6 rings (SSSR count). The third-order valence-electron chi connectivity index (χ3n) is 10.7. The molecule has 3 heterocycles. The van der Waals surface area contributed by atoms with E-state index in [0.717, 1.165) is 36.0 Å². The fraction of sp³-hybridized carbons (Fsp3) is 0.537. The summed E-state index contributed by atoms with van der Waals surface area (Å²) in [7, 11) is 0. The topological polar surface area (TPSA) is 134 Å². The zero-order valence-corrected chi connectivity index (χ0v) is 30.8. The second-order valence-corrected chi connectivity index (χ2v) is 15.9. The van der Waals surface area contributed by atoms with Gasteiger partial charge >= 0.3 is 12.2 Å². The Hall–Kier alpha value is -4.67. The van der Waals surface area contributed by atoms with Gasteiger partial charge in [-0.15, -0.1) is 0 Å². The maximum Gasteiger partial charge on any atom is 0.410 e. The molecule has 52 heavy (non-hydrogen) atoms. The number of fused-ring (bicyclic) bond motifs is 3. The molecule has 0 bridgehead atoms. The van der Waals surface area contributed by atoms with Gasteiger partial charge in [-0.05, 0) is 76.0 Å². The number of ketones is 1. The van der Waals surface area contributed by atoms with Gasteiger partial charge in [-0.2, -0.15) is 0 Å². The molecule has 0 radical (unpaired) electrons. The van der Waals surface area contributed by atoms with Crippen LogP contribution in [0, 0.1) is 11.3 Å². The molecular weight excluding hydrogens is 660 g/mol. The highest BCUT2D eigenvalue weighted by atomic mass is 16.6. The van der Waals surface area contributed by atoms with E-state index in [1.54, 1.807) is 25.7 Å². The standard InChI is InChI=1S/C41H52N4O7/c1-27(28-15-9-8-10-16-28)42-37(48)41-22-31(41)19-11-6-5-7-12-20-33(43-38(49)52-40(2,3)4)36(47)45-26-32(21-34(45)35(46)23-41)51-39(50)44-24-29-17-13-14-18-30(29)25-44/h8-11,13-19,27,31-34H,5-7,12,20-26H2,1-4H3,(H,42,48)(H,43,49)/b19-11-/t27-,31+,32+,33-,34-,41+/m0/s1. The van der Waals surface area contributed by atoms with Crippen molar-refractivity contribution in [2.45, 2.75) is 122 Å². The van der Waals surface area contributed by atoms with Gasteiger partial charge in [-0.25, -0.2) is 9.59 Å². The van der Waals surface area contributed by atoms with E-state index in [-0.39, 0.29) is 43.0 Å². The second-order valence-electron chi connectivity index (χ2n) is 15.9. The van der Waals surface area contributed by atoms with Gasteiger partial charge < -0.3 is 25.0 Å². The van der Waals surface area contributed by atoms with Crippen molar-refractivity contribution in [3.63, 3.8) is 0 Å². The van der Waals surface area contributed by atoms with Crippen LogP contribution in [0.4, 0.5) is 9.59 Å². The van der Waals surface area contributed by atoms with E-state index >= 15 is 0 Å². The summed E-state index contributed by atoms with van der Waals surface area (Å²) in [5.74, 6) is -0.979. The number of hydrogen-bond acceptors (Lipinski definition) is 7. The van der Waals surface area contributed by atoms with Crippen LogP contribution in [0.1, 0.15) is 102 Å². The number of alkyl carbamates (subject to hydrolysis) is 1. The number of benzene rings is 2. The lowest BCUT2D eigenvalue weighted by Crippen LogP contribution is -2.53. The summed E-state index contributed by atoms with van der Waals surface area (Å²) in [6, 6.07) is 15.4. The Bertz CT molecular complexity index is 1660. The smallest absolute Gasteiger partial charge is 0.410 e. The molecule has 2 aromatic rings. The van der Waals surface area contributed by atoms with Gasteiger partial charge in [0.05, 0.1) is 24.0 Å². The normalized spacial score (nSPS) is 27.5. The molecule has 6 atom stereocenters. The minimum atomic E-state index is -0.949. The first-order valence-corrected chi connectivity index (χ1v) is 18.7. The Morgan fingerprint density at radius 3 is 2.33 bits per heavy atom. The van der Waals surface area contributed by atoms with E-state index in [0.29, 0.717) is 32.4 Å². The average molecular weight is 713 g/mol. The predicted molar refractivity (Wildman–Crippen MR) is 195 cm³/mol. The number of carbonyl (C=O) groups excluding carboxylic acids is 5. The van der Waals surface area contributed by atoms with E-state index in [1.807, 2.05) is 61.5 Å². The van der Waals surface area contributed by atoms with Gasteiger partial charge in [-0.1, -0.05) is 79.6 Å². The number of nitrogens with one attached hydrogen (secondary N) is 2. The van der Waals surface area contributed by atoms with E-state index in [4.69, 9.17) is 9.47 Å². The number of rotatable bonds is 5. The van der Waals surface area contributed by atoms with Crippen molar-refractivity contribution >= 4 is 29.8 Å². The van der Waals surface area contributed by atoms with Gasteiger partial charge in [0.25, 0.3) is 0 Å². The highest BCUT2D eigenvalue weighted by molar-refractivity contribution is 5.97. The lowest BCUT2D eigenvalue weighted by molar-refractivity contribution is -0.141. The maximum absolute atomic E-state index is 14.5. The maximum atomic E-state index is 14.5. The largest absolute Gasteiger partial charge is 0.444 e. The van der Waals surface area contributed by atoms with Crippen molar-refractivity contribution in [2.75, 3.05) is 6.54 Å². The van der Waals surface area contributed by atoms with Gasteiger partial charge in [0.1, 0.15) is 17.7 Å². The van der Waals surface area contributed by atoms with Gasteiger partial charge in [-0.3, -0.25) is 19.3 Å². The van der Waals surface area contributed by atoms with E-state index in [9.17, 15) is 24.0 Å². The summed E-state index contributed by atoms with van der Waals surface area (Å²) in [6.45, 7) is 8.03. The molecule has 3 aliphatic heterocycles. The van der Waals surface area contributed by atoms with Crippen molar-refractivity contribution in [1.82, 2.24) is 20.4 Å². The zero-order chi connectivity index (χ0) is 37.0. The molecule has 1 saturated carbocycles. The summed E-state index contributed by atoms with van der Waals surface area (Å²) in [5, 5.41) is 5.94. The average Bonchev–Trinajstić information content (AvgIpc) is 3.40. The number of hydrogen-bond donors (Lipinski definition) is 2. The minimum Gasteiger partial charge on any atom is -0.444 e. The SMILES string of the molecule is C[C@H](NC(=O)[C@]12CC(=O)[C@@H]3C[C@@H](OC(=O)N4Cc5ccccc5C4)CN3C(=O)[C@@H](NC(=O)OC(C)(C)C)CCCCC/C=C\[C@@H]1C2)c1ccccc1. The summed E-state index contributed by atoms with van der Waals surface area (Å²) in [5.41, 5.74) is 1.35. The van der Waals surface area contributed by atoms with Crippen molar-refractivity contribution in [3.8, 4) is 0 Å². The van der Waals surface area contributed by atoms with Crippen LogP contribution >= 0.6 is 0 Å². The lowest BCUT2D eigenvalue weighted by Gasteiger charge is -2.30. The zero-order valence-electron chi connectivity index (χ0n) is 30.8. The fourth-order valence-corrected chi connectivity index (χ4v) is 7.79. The Morgan fingerprint density at radius 2 is 1.63 bits per heavy atom. The fourth-order valence-electron chi connectivity index (χ4n) is 7.79. The number of amides is 4. The predicted octanol–water partition coefficient (Wildman–Crippen LogP) is 6.36. The molecule has 278 valence electrons. The van der Waals surface area contributed by atoms with Crippen LogP contribution in [0.2, 0.25) is 0 Å². The first-order chi connectivity index (χ1) is 24.8. The van der Waals surface area contributed by atoms with Crippen LogP contribution in [0.5, 0.6) is 0 Å². The van der Waals surface area contributed by atoms with Crippen LogP contribution in [-0.4, -0.2) is 69.9 Å². The molecule has 1 saturated heterocycles. The van der Waals surface area contributed by atoms with Crippen molar-refractivity contribution in [2.24, 2.45) is 11.3 Å². The van der Waals surface area contributed by atoms with Crippen LogP contribution in [0.15, 0.2) is 66.7 Å². The molecule has 4 amide bonds. The first kappa shape index (κ1) is 37.1. The number of Topliss-reactive ketones (excluding diaryl/α,β-unsaturated/α-hetero) is 1. The van der Waals surface area contributed by atoms with Gasteiger partial charge in [0.15, 0.2) is 5.78 Å². The Morgan fingerprint density at radius 1 is 0.942 bits per heavy atom. The first-order valence-electron chi connectivity index (χ1n) is 18.7. The Labute approximate surface area is 306 Å². The molecule has 0 aromatic heterocycles. The molecule has 2 N–H and O–H groups in total. The van der Waals surface area contributed by atoms with E-state index < -0.39 is 47.3 Å². The summed E-state index contributed by atoms with van der Waals surface area (Å²) < 4.78 is 11.5. The monoisotopic (exact) mass is 712 g/mol. The number of nitrogens with zero attached hydrogens (tertiary/aromatic N) is 2. The van der Waals surface area contributed by atoms with E-state index in [1.165, 1.54) is 4.90 Å². The van der Waals surface area contributed by atoms with Crippen LogP contribution in [0.25, 0.3) is 0 Å². The molecule has 2 fully saturated rings. The number of ether oxygens (including phenoxy) is 2. The minimum absolute atomic E-state index is 0.00182. The highest BCUT2D eigenvalue weighted by Gasteiger charge is 2.60. The van der Waals surface area contributed by atoms with Crippen LogP contribution < -0.4 is 10.6 Å². The molecule has 11 heteroatoms. The molecule has 2 aromatic carbocycles. The highest BCUT2D eigenvalue weighted by Crippen LogP contribution is 2.57. The van der Waals surface area contributed by atoms with Gasteiger partial charge in [0.2, 0.25) is 11.8 Å². The Kier molecular flexibility index (Phi) is 11.1. The summed E-state index contributed by atoms with van der Waals surface area (Å²) >= 11 is 0. The van der Waals surface area contributed by atoms with Crippen LogP contribution in [0.3, 0.4) is 0 Å². The van der Waals surface area contributed by atoms with Crippen molar-refractivity contribution < 1.29 is 33.4 Å². The molecule has 0 spiro atoms. The second kappa shape index (κ2) is 15.5. The number of allylic oxidation sites excluding steroid dienone is 2. The molecule has 4 aliphatic rings. The lowest BCUT2D eigenvalue weighted by atomic mass is 9.90. The number of carbonyl (C=O) groups is 5.